The maximum absolute atomic E-state index is 6.29. The number of para-hydroxylation sites is 1. The molecule has 0 spiro atoms. The van der Waals surface area contributed by atoms with E-state index in [1.54, 1.807) is 7.11 Å². The number of nitrogen functional groups attached to an aromatic ring is 1. The molecule has 0 saturated carbocycles. The molecule has 0 bridgehead atoms. The van der Waals surface area contributed by atoms with Crippen molar-refractivity contribution in [2.75, 3.05) is 30.8 Å². The quantitative estimate of drug-likeness (QED) is 0.860. The maximum atomic E-state index is 6.29. The van der Waals surface area contributed by atoms with Crippen molar-refractivity contribution < 1.29 is 9.47 Å². The van der Waals surface area contributed by atoms with Gasteiger partial charge in [-0.05, 0) is 45.7 Å². The van der Waals surface area contributed by atoms with Crippen LogP contribution in [-0.4, -0.2) is 31.9 Å². The fourth-order valence-corrected chi connectivity index (χ4v) is 2.74. The number of nitrogens with two attached hydrogens (primary N) is 1. The van der Waals surface area contributed by atoms with Crippen molar-refractivity contribution in [1.82, 2.24) is 0 Å². The number of benzene rings is 1. The number of methoxy groups -OCH3 is 1. The van der Waals surface area contributed by atoms with Gasteiger partial charge in [0.15, 0.2) is 0 Å². The first kappa shape index (κ1) is 15.0. The van der Waals surface area contributed by atoms with E-state index in [1.165, 1.54) is 0 Å². The highest BCUT2D eigenvalue weighted by atomic mass is 16.5. The highest BCUT2D eigenvalue weighted by molar-refractivity contribution is 5.74. The molecule has 0 radical (unpaired) electrons. The van der Waals surface area contributed by atoms with Gasteiger partial charge in [0.25, 0.3) is 0 Å². The van der Waals surface area contributed by atoms with E-state index in [4.69, 9.17) is 15.2 Å². The molecule has 0 aromatic heterocycles. The number of anilines is 2. The molecule has 20 heavy (non-hydrogen) atoms. The third-order valence-corrected chi connectivity index (χ3v) is 3.90. The average molecular weight is 278 g/mol. The number of ether oxygens (including phenoxy) is 2. The lowest BCUT2D eigenvalue weighted by molar-refractivity contribution is -0.00463. The molecule has 0 amide bonds. The lowest BCUT2D eigenvalue weighted by Gasteiger charge is -2.41. The second kappa shape index (κ2) is 5.92. The van der Waals surface area contributed by atoms with E-state index in [9.17, 15) is 0 Å². The van der Waals surface area contributed by atoms with Crippen LogP contribution in [0.25, 0.3) is 0 Å². The number of hydrogen-bond acceptors (Lipinski definition) is 4. The normalized spacial score (nSPS) is 23.1. The van der Waals surface area contributed by atoms with Crippen LogP contribution in [0.2, 0.25) is 0 Å². The predicted octanol–water partition coefficient (Wildman–Crippen LogP) is 3.06. The lowest BCUT2D eigenvalue weighted by atomic mass is 9.94. The molecular weight excluding hydrogens is 252 g/mol. The number of nitrogens with zero attached hydrogens (tertiary/aromatic N) is 1. The molecule has 1 heterocycles. The van der Waals surface area contributed by atoms with E-state index in [0.29, 0.717) is 0 Å². The van der Waals surface area contributed by atoms with Gasteiger partial charge in [-0.25, -0.2) is 0 Å². The first-order chi connectivity index (χ1) is 9.45. The minimum Gasteiger partial charge on any atom is -0.489 e. The summed E-state index contributed by atoms with van der Waals surface area (Å²) in [4.78, 5) is 2.30. The van der Waals surface area contributed by atoms with Crippen LogP contribution in [0.3, 0.4) is 0 Å². The molecule has 2 N–H and O–H groups in total. The third kappa shape index (κ3) is 3.18. The van der Waals surface area contributed by atoms with Crippen molar-refractivity contribution >= 4 is 11.4 Å². The minimum absolute atomic E-state index is 0.0976. The van der Waals surface area contributed by atoms with Gasteiger partial charge in [-0.2, -0.15) is 0 Å². The molecule has 0 aliphatic carbocycles. The summed E-state index contributed by atoms with van der Waals surface area (Å²) in [6, 6.07) is 5.99. The zero-order valence-corrected chi connectivity index (χ0v) is 13.0. The topological polar surface area (TPSA) is 47.7 Å². The summed E-state index contributed by atoms with van der Waals surface area (Å²) >= 11 is 0. The van der Waals surface area contributed by atoms with Gasteiger partial charge in [0.05, 0.1) is 23.1 Å². The van der Waals surface area contributed by atoms with E-state index < -0.39 is 0 Å². The molecule has 1 atom stereocenters. The summed E-state index contributed by atoms with van der Waals surface area (Å²) in [6.07, 6.45) is 2.32. The first-order valence-corrected chi connectivity index (χ1v) is 7.30. The van der Waals surface area contributed by atoms with Gasteiger partial charge in [0.2, 0.25) is 0 Å². The molecule has 2 rings (SSSR count). The highest BCUT2D eigenvalue weighted by Crippen LogP contribution is 2.36. The monoisotopic (exact) mass is 278 g/mol. The molecule has 1 saturated heterocycles. The maximum Gasteiger partial charge on any atom is 0.144 e. The van der Waals surface area contributed by atoms with E-state index in [2.05, 4.69) is 17.9 Å². The Kier molecular flexibility index (Phi) is 4.43. The van der Waals surface area contributed by atoms with Crippen LogP contribution in [0.4, 0.5) is 11.4 Å². The van der Waals surface area contributed by atoms with Crippen LogP contribution in [-0.2, 0) is 4.74 Å². The summed E-state index contributed by atoms with van der Waals surface area (Å²) in [5.41, 5.74) is 7.96. The Morgan fingerprint density at radius 3 is 2.75 bits per heavy atom. The molecule has 112 valence electrons. The molecule has 1 aliphatic heterocycles. The fourth-order valence-electron chi connectivity index (χ4n) is 2.74. The van der Waals surface area contributed by atoms with Gasteiger partial charge in [-0.3, -0.25) is 0 Å². The van der Waals surface area contributed by atoms with Gasteiger partial charge in [-0.1, -0.05) is 6.07 Å². The second-order valence-corrected chi connectivity index (χ2v) is 6.03. The first-order valence-electron chi connectivity index (χ1n) is 7.30. The third-order valence-electron chi connectivity index (χ3n) is 3.90. The zero-order valence-electron chi connectivity index (χ0n) is 13.0. The number of hydrogen-bond donors (Lipinski definition) is 1. The molecule has 1 aromatic carbocycles. The minimum atomic E-state index is -0.0976. The Labute approximate surface area is 121 Å². The van der Waals surface area contributed by atoms with Crippen LogP contribution in [0.15, 0.2) is 18.2 Å². The van der Waals surface area contributed by atoms with Crippen LogP contribution >= 0.6 is 0 Å². The van der Waals surface area contributed by atoms with Crippen molar-refractivity contribution in [2.24, 2.45) is 0 Å². The van der Waals surface area contributed by atoms with Crippen LogP contribution < -0.4 is 15.4 Å². The Morgan fingerprint density at radius 1 is 1.35 bits per heavy atom. The molecule has 1 aliphatic rings. The Balaban J connectivity index is 2.24. The molecular formula is C16H26N2O2. The fraction of sp³-hybridized carbons (Fsp3) is 0.625. The Bertz CT molecular complexity index is 462. The molecule has 1 unspecified atom stereocenters. The summed E-state index contributed by atoms with van der Waals surface area (Å²) in [7, 11) is 1.78. The smallest absolute Gasteiger partial charge is 0.144 e. The van der Waals surface area contributed by atoms with E-state index in [1.807, 2.05) is 26.0 Å². The lowest BCUT2D eigenvalue weighted by Crippen LogP contribution is -2.47. The average Bonchev–Trinajstić information content (AvgIpc) is 2.41. The standard InChI is InChI=1S/C16H26N2O2/c1-12(2)20-14-8-5-7-13(15(14)17)18-10-6-9-16(3,11-18)19-4/h5,7-8,12H,6,9-11,17H2,1-4H3. The van der Waals surface area contributed by atoms with Crippen LogP contribution in [0.1, 0.15) is 33.6 Å². The second-order valence-electron chi connectivity index (χ2n) is 6.03. The molecule has 4 heteroatoms. The van der Waals surface area contributed by atoms with Gasteiger partial charge in [0.1, 0.15) is 5.75 Å². The van der Waals surface area contributed by atoms with Gasteiger partial charge < -0.3 is 20.1 Å². The number of rotatable bonds is 4. The summed E-state index contributed by atoms with van der Waals surface area (Å²) < 4.78 is 11.4. The summed E-state index contributed by atoms with van der Waals surface area (Å²) in [6.45, 7) is 8.04. The van der Waals surface area contributed by atoms with Crippen molar-refractivity contribution in [3.05, 3.63) is 18.2 Å². The number of piperidine rings is 1. The summed E-state index contributed by atoms with van der Waals surface area (Å²) in [5.74, 6) is 0.766. The van der Waals surface area contributed by atoms with Gasteiger partial charge >= 0.3 is 0 Å². The molecule has 1 fully saturated rings. The van der Waals surface area contributed by atoms with Crippen molar-refractivity contribution in [1.29, 1.82) is 0 Å². The SMILES string of the molecule is COC1(C)CCCN(c2cccc(OC(C)C)c2N)C1. The van der Waals surface area contributed by atoms with Crippen LogP contribution in [0, 0.1) is 0 Å². The molecule has 4 nitrogen and oxygen atoms in total. The Morgan fingerprint density at radius 2 is 2.10 bits per heavy atom. The highest BCUT2D eigenvalue weighted by Gasteiger charge is 2.31. The Hall–Kier alpha value is -1.42. The largest absolute Gasteiger partial charge is 0.489 e. The van der Waals surface area contributed by atoms with E-state index in [0.717, 1.165) is 43.1 Å². The zero-order chi connectivity index (χ0) is 14.8. The van der Waals surface area contributed by atoms with E-state index >= 15 is 0 Å². The summed E-state index contributed by atoms with van der Waals surface area (Å²) in [5, 5.41) is 0. The van der Waals surface area contributed by atoms with E-state index in [-0.39, 0.29) is 11.7 Å². The van der Waals surface area contributed by atoms with Crippen molar-refractivity contribution in [3.8, 4) is 5.75 Å². The predicted molar refractivity (Wildman–Crippen MR) is 83.5 cm³/mol. The van der Waals surface area contributed by atoms with Crippen LogP contribution in [0.5, 0.6) is 5.75 Å². The van der Waals surface area contributed by atoms with Gasteiger partial charge in [0, 0.05) is 20.2 Å². The van der Waals surface area contributed by atoms with Crippen molar-refractivity contribution in [3.63, 3.8) is 0 Å². The van der Waals surface area contributed by atoms with Gasteiger partial charge in [-0.15, -0.1) is 0 Å². The molecule has 1 aromatic rings. The van der Waals surface area contributed by atoms with Crippen molar-refractivity contribution in [2.45, 2.75) is 45.3 Å².